The van der Waals surface area contributed by atoms with Gasteiger partial charge in [-0.05, 0) is 24.6 Å². The number of hydrogen-bond donors (Lipinski definition) is 1. The number of carboxylic acids is 1. The fourth-order valence-electron chi connectivity index (χ4n) is 2.19. The molecule has 3 rings (SSSR count). The number of carboxylic acid groups (broad SMARTS) is 1. The largest absolute Gasteiger partial charge is 0.478 e. The molecule has 1 heterocycles. The molecule has 0 bridgehead atoms. The van der Waals surface area contributed by atoms with Gasteiger partial charge >= 0.3 is 5.97 Å². The Kier molecular flexibility index (Phi) is 3.75. The summed E-state index contributed by atoms with van der Waals surface area (Å²) in [7, 11) is 0. The molecule has 5 heteroatoms. The van der Waals surface area contributed by atoms with E-state index < -0.39 is 5.97 Å². The smallest absolute Gasteiger partial charge is 0.335 e. The van der Waals surface area contributed by atoms with E-state index in [1.807, 2.05) is 6.08 Å². The van der Waals surface area contributed by atoms with Crippen LogP contribution in [0.4, 0.5) is 0 Å². The number of hydrogen-bond acceptors (Lipinski definition) is 3. The van der Waals surface area contributed by atoms with Crippen molar-refractivity contribution in [2.75, 3.05) is 0 Å². The summed E-state index contributed by atoms with van der Waals surface area (Å²) in [6.45, 7) is 0. The molecule has 1 unspecified atom stereocenters. The molecule has 4 nitrogen and oxygen atoms in total. The van der Waals surface area contributed by atoms with Gasteiger partial charge in [0.1, 0.15) is 6.26 Å². The number of nitrogens with zero attached hydrogens (tertiary/aromatic N) is 1. The van der Waals surface area contributed by atoms with E-state index in [9.17, 15) is 4.79 Å². The lowest BCUT2D eigenvalue weighted by molar-refractivity contribution is 0.0697. The van der Waals surface area contributed by atoms with Crippen LogP contribution in [0.1, 0.15) is 28.4 Å². The van der Waals surface area contributed by atoms with Gasteiger partial charge in [-0.15, -0.1) is 0 Å². The van der Waals surface area contributed by atoms with Crippen LogP contribution in [0.5, 0.6) is 0 Å². The van der Waals surface area contributed by atoms with E-state index in [0.717, 1.165) is 16.6 Å². The van der Waals surface area contributed by atoms with Crippen LogP contribution in [0.25, 0.3) is 11.5 Å². The molecule has 21 heavy (non-hydrogen) atoms. The maximum atomic E-state index is 11.0. The Hall–Kier alpha value is -2.14. The summed E-state index contributed by atoms with van der Waals surface area (Å²) in [5.41, 5.74) is 1.73. The summed E-state index contributed by atoms with van der Waals surface area (Å²) < 4.78 is 6.56. The maximum Gasteiger partial charge on any atom is 0.335 e. The highest BCUT2D eigenvalue weighted by molar-refractivity contribution is 9.11. The average Bonchev–Trinajstić information content (AvgIpc) is 2.98. The molecule has 1 aliphatic rings. The van der Waals surface area contributed by atoms with Crippen LogP contribution in [0.15, 0.2) is 57.7 Å². The third-order valence-electron chi connectivity index (χ3n) is 3.31. The number of allylic oxidation sites excluding steroid dienone is 4. The Morgan fingerprint density at radius 1 is 1.43 bits per heavy atom. The van der Waals surface area contributed by atoms with E-state index in [1.165, 1.54) is 0 Å². The molecule has 0 fully saturated rings. The molecule has 0 spiro atoms. The van der Waals surface area contributed by atoms with Crippen LogP contribution in [-0.2, 0) is 0 Å². The van der Waals surface area contributed by atoms with Crippen molar-refractivity contribution in [2.24, 2.45) is 0 Å². The van der Waals surface area contributed by atoms with Gasteiger partial charge in [0.25, 0.3) is 0 Å². The Balaban J connectivity index is 1.87. The van der Waals surface area contributed by atoms with Crippen LogP contribution < -0.4 is 0 Å². The van der Waals surface area contributed by atoms with Crippen LogP contribution in [0, 0.1) is 0 Å². The van der Waals surface area contributed by atoms with E-state index in [4.69, 9.17) is 9.52 Å². The minimum atomic E-state index is -0.964. The zero-order chi connectivity index (χ0) is 14.8. The number of aromatic carboxylic acids is 1. The Morgan fingerprint density at radius 2 is 2.29 bits per heavy atom. The minimum absolute atomic E-state index is 0.187. The Morgan fingerprint density at radius 3 is 3.00 bits per heavy atom. The number of carbonyl (C=O) groups is 1. The summed E-state index contributed by atoms with van der Waals surface area (Å²) in [6, 6.07) is 6.57. The predicted octanol–water partition coefficient (Wildman–Crippen LogP) is 4.36. The zero-order valence-corrected chi connectivity index (χ0v) is 12.6. The first-order chi connectivity index (χ1) is 10.1. The average molecular weight is 346 g/mol. The zero-order valence-electron chi connectivity index (χ0n) is 11.0. The molecular weight excluding hydrogens is 334 g/mol. The minimum Gasteiger partial charge on any atom is -0.478 e. The quantitative estimate of drug-likeness (QED) is 0.897. The monoisotopic (exact) mass is 345 g/mol. The standard InChI is InChI=1S/C16H12BrNO3/c17-13-6-4-10(5-7-13)14-9-21-15(18-14)11-2-1-3-12(8-11)16(19)20/h1-4,6-10H,5H2,(H,19,20). The fourth-order valence-corrected chi connectivity index (χ4v) is 2.53. The highest BCUT2D eigenvalue weighted by atomic mass is 79.9. The van der Waals surface area contributed by atoms with Gasteiger partial charge in [0.2, 0.25) is 5.89 Å². The van der Waals surface area contributed by atoms with Crippen LogP contribution in [-0.4, -0.2) is 16.1 Å². The van der Waals surface area contributed by atoms with E-state index in [0.29, 0.717) is 11.5 Å². The predicted molar refractivity (Wildman–Crippen MR) is 82.4 cm³/mol. The van der Waals surface area contributed by atoms with Crippen molar-refractivity contribution in [1.29, 1.82) is 0 Å². The summed E-state index contributed by atoms with van der Waals surface area (Å²) in [6.07, 6.45) is 8.64. The van der Waals surface area contributed by atoms with Crippen molar-refractivity contribution in [3.8, 4) is 11.5 Å². The van der Waals surface area contributed by atoms with Gasteiger partial charge in [0.05, 0.1) is 11.3 Å². The van der Waals surface area contributed by atoms with E-state index in [-0.39, 0.29) is 11.5 Å². The molecule has 0 saturated carbocycles. The second-order valence-electron chi connectivity index (χ2n) is 4.75. The van der Waals surface area contributed by atoms with Gasteiger partial charge in [0.15, 0.2) is 0 Å². The number of oxazole rings is 1. The molecule has 1 aromatic heterocycles. The molecule has 0 saturated heterocycles. The SMILES string of the molecule is O=C(O)c1cccc(-c2nc(C3C=CC(Br)=CC3)co2)c1. The highest BCUT2D eigenvalue weighted by Gasteiger charge is 2.16. The third kappa shape index (κ3) is 2.97. The molecule has 0 radical (unpaired) electrons. The molecule has 0 amide bonds. The second kappa shape index (κ2) is 5.69. The first-order valence-corrected chi connectivity index (χ1v) is 7.26. The molecule has 1 N–H and O–H groups in total. The maximum absolute atomic E-state index is 11.0. The molecule has 1 atom stereocenters. The van der Waals surface area contributed by atoms with Crippen molar-refractivity contribution >= 4 is 21.9 Å². The molecule has 1 aliphatic carbocycles. The lowest BCUT2D eigenvalue weighted by atomic mass is 9.98. The van der Waals surface area contributed by atoms with Crippen molar-refractivity contribution < 1.29 is 14.3 Å². The van der Waals surface area contributed by atoms with Crippen molar-refractivity contribution in [2.45, 2.75) is 12.3 Å². The fraction of sp³-hybridized carbons (Fsp3) is 0.125. The van der Waals surface area contributed by atoms with Gasteiger partial charge in [-0.2, -0.15) is 0 Å². The first kappa shape index (κ1) is 13.8. The van der Waals surface area contributed by atoms with Gasteiger partial charge in [0, 0.05) is 16.0 Å². The van der Waals surface area contributed by atoms with Crippen molar-refractivity contribution in [3.05, 3.63) is 64.5 Å². The lowest BCUT2D eigenvalue weighted by Crippen LogP contribution is -1.98. The molecule has 1 aromatic carbocycles. The highest BCUT2D eigenvalue weighted by Crippen LogP contribution is 2.30. The molecular formula is C16H12BrNO3. The summed E-state index contributed by atoms with van der Waals surface area (Å²) in [5.74, 6) is -0.338. The van der Waals surface area contributed by atoms with Gasteiger partial charge < -0.3 is 9.52 Å². The number of rotatable bonds is 3. The summed E-state index contributed by atoms with van der Waals surface area (Å²) in [5, 5.41) is 9.02. The Bertz CT molecular complexity index is 745. The summed E-state index contributed by atoms with van der Waals surface area (Å²) in [4.78, 5) is 15.5. The number of benzene rings is 1. The topological polar surface area (TPSA) is 63.3 Å². The van der Waals surface area contributed by atoms with Crippen molar-refractivity contribution in [3.63, 3.8) is 0 Å². The number of halogens is 1. The van der Waals surface area contributed by atoms with Crippen LogP contribution in [0.3, 0.4) is 0 Å². The lowest BCUT2D eigenvalue weighted by Gasteiger charge is -2.10. The van der Waals surface area contributed by atoms with Gasteiger partial charge in [-0.3, -0.25) is 0 Å². The summed E-state index contributed by atoms with van der Waals surface area (Å²) >= 11 is 3.43. The van der Waals surface area contributed by atoms with E-state index >= 15 is 0 Å². The van der Waals surface area contributed by atoms with Gasteiger partial charge in [-0.1, -0.05) is 40.2 Å². The molecule has 106 valence electrons. The van der Waals surface area contributed by atoms with Crippen LogP contribution >= 0.6 is 15.9 Å². The number of aromatic nitrogens is 1. The molecule has 0 aliphatic heterocycles. The Labute approximate surface area is 129 Å². The van der Waals surface area contributed by atoms with E-state index in [2.05, 4.69) is 33.1 Å². The first-order valence-electron chi connectivity index (χ1n) is 6.46. The van der Waals surface area contributed by atoms with E-state index in [1.54, 1.807) is 30.5 Å². The van der Waals surface area contributed by atoms with Crippen molar-refractivity contribution in [1.82, 2.24) is 4.98 Å². The second-order valence-corrected chi connectivity index (χ2v) is 5.67. The van der Waals surface area contributed by atoms with Gasteiger partial charge in [-0.25, -0.2) is 9.78 Å². The normalized spacial score (nSPS) is 17.6. The molecule has 2 aromatic rings. The van der Waals surface area contributed by atoms with Crippen LogP contribution in [0.2, 0.25) is 0 Å². The third-order valence-corrected chi connectivity index (χ3v) is 3.90.